The normalized spacial score (nSPS) is 18.2. The first-order valence-electron chi connectivity index (χ1n) is 7.30. The summed E-state index contributed by atoms with van der Waals surface area (Å²) in [7, 11) is 3.14. The van der Waals surface area contributed by atoms with Gasteiger partial charge in [-0.1, -0.05) is 33.1 Å². The Kier molecular flexibility index (Phi) is 6.32. The highest BCUT2D eigenvalue weighted by molar-refractivity contribution is 5.97. The molecule has 0 aliphatic heterocycles. The topological polar surface area (TPSA) is 46.6 Å². The van der Waals surface area contributed by atoms with Crippen LogP contribution in [0.15, 0.2) is 0 Å². The number of ether oxygens (including phenoxy) is 1. The monoisotopic (exact) mass is 269 g/mol. The maximum Gasteiger partial charge on any atom is 0.318 e. The first kappa shape index (κ1) is 16.0. The summed E-state index contributed by atoms with van der Waals surface area (Å²) in [5.74, 6) is -0.636. The van der Waals surface area contributed by atoms with Crippen LogP contribution >= 0.6 is 0 Å². The van der Waals surface area contributed by atoms with Crippen LogP contribution in [0.3, 0.4) is 0 Å². The van der Waals surface area contributed by atoms with E-state index in [4.69, 9.17) is 4.74 Å². The molecule has 0 heterocycles. The standard InChI is InChI=1S/C15H27NO3/c1-11(2)13(15(18)19-4)14(17)16(3)10-12-8-6-5-7-9-12/h11-13H,5-10H2,1-4H3. The summed E-state index contributed by atoms with van der Waals surface area (Å²) in [4.78, 5) is 25.8. The molecule has 4 heteroatoms. The molecule has 0 bridgehead atoms. The Morgan fingerprint density at radius 2 is 1.79 bits per heavy atom. The van der Waals surface area contributed by atoms with Crippen LogP contribution in [-0.2, 0) is 14.3 Å². The van der Waals surface area contributed by atoms with E-state index in [-0.39, 0.29) is 11.8 Å². The predicted molar refractivity (Wildman–Crippen MR) is 74.6 cm³/mol. The Morgan fingerprint density at radius 1 is 1.21 bits per heavy atom. The van der Waals surface area contributed by atoms with Gasteiger partial charge in [0.1, 0.15) is 5.92 Å². The van der Waals surface area contributed by atoms with Gasteiger partial charge in [0.2, 0.25) is 5.91 Å². The second-order valence-corrected chi connectivity index (χ2v) is 5.97. The van der Waals surface area contributed by atoms with Gasteiger partial charge >= 0.3 is 5.97 Å². The van der Waals surface area contributed by atoms with E-state index < -0.39 is 11.9 Å². The number of carbonyl (C=O) groups excluding carboxylic acids is 2. The molecule has 1 aliphatic rings. The lowest BCUT2D eigenvalue weighted by atomic mass is 9.88. The molecule has 110 valence electrons. The zero-order chi connectivity index (χ0) is 14.4. The largest absolute Gasteiger partial charge is 0.468 e. The summed E-state index contributed by atoms with van der Waals surface area (Å²) in [6.45, 7) is 4.53. The number of carbonyl (C=O) groups is 2. The SMILES string of the molecule is COC(=O)C(C(=O)N(C)CC1CCCCC1)C(C)C. The van der Waals surface area contributed by atoms with Gasteiger partial charge in [0.05, 0.1) is 7.11 Å². The molecule has 1 amide bonds. The minimum Gasteiger partial charge on any atom is -0.468 e. The lowest BCUT2D eigenvalue weighted by molar-refractivity contribution is -0.155. The molecule has 1 saturated carbocycles. The van der Waals surface area contributed by atoms with Crippen LogP contribution in [0.2, 0.25) is 0 Å². The third kappa shape index (κ3) is 4.51. The summed E-state index contributed by atoms with van der Waals surface area (Å²) in [6.07, 6.45) is 6.23. The molecule has 4 nitrogen and oxygen atoms in total. The van der Waals surface area contributed by atoms with E-state index in [9.17, 15) is 9.59 Å². The third-order valence-corrected chi connectivity index (χ3v) is 4.02. The van der Waals surface area contributed by atoms with Crippen molar-refractivity contribution in [3.63, 3.8) is 0 Å². The fraction of sp³-hybridized carbons (Fsp3) is 0.867. The number of amides is 1. The molecule has 0 N–H and O–H groups in total. The molecule has 1 fully saturated rings. The fourth-order valence-corrected chi connectivity index (χ4v) is 2.87. The van der Waals surface area contributed by atoms with Gasteiger partial charge in [-0.3, -0.25) is 9.59 Å². The zero-order valence-electron chi connectivity index (χ0n) is 12.6. The van der Waals surface area contributed by atoms with Crippen molar-refractivity contribution in [2.24, 2.45) is 17.8 Å². The van der Waals surface area contributed by atoms with E-state index in [2.05, 4.69) is 0 Å². The van der Waals surface area contributed by atoms with Crippen LogP contribution in [0.25, 0.3) is 0 Å². The Balaban J connectivity index is 2.59. The summed E-state index contributed by atoms with van der Waals surface area (Å²) in [6, 6.07) is 0. The summed E-state index contributed by atoms with van der Waals surface area (Å²) < 4.78 is 4.75. The van der Waals surface area contributed by atoms with Gasteiger partial charge in [0, 0.05) is 13.6 Å². The van der Waals surface area contributed by atoms with Crippen molar-refractivity contribution in [2.75, 3.05) is 20.7 Å². The molecule has 1 rings (SSSR count). The average Bonchev–Trinajstić information content (AvgIpc) is 2.39. The molecule has 1 aliphatic carbocycles. The predicted octanol–water partition coefficient (Wildman–Crippen LogP) is 2.47. The highest BCUT2D eigenvalue weighted by atomic mass is 16.5. The maximum atomic E-state index is 12.4. The highest BCUT2D eigenvalue weighted by Gasteiger charge is 2.33. The number of hydrogen-bond donors (Lipinski definition) is 0. The molecule has 0 saturated heterocycles. The van der Waals surface area contributed by atoms with Crippen molar-refractivity contribution in [1.29, 1.82) is 0 Å². The van der Waals surface area contributed by atoms with E-state index >= 15 is 0 Å². The number of rotatable bonds is 5. The van der Waals surface area contributed by atoms with Crippen LogP contribution in [0.1, 0.15) is 46.0 Å². The van der Waals surface area contributed by atoms with Crippen LogP contribution in [-0.4, -0.2) is 37.5 Å². The Labute approximate surface area is 116 Å². The molecular weight excluding hydrogens is 242 g/mol. The Hall–Kier alpha value is -1.06. The van der Waals surface area contributed by atoms with Crippen molar-refractivity contribution in [3.05, 3.63) is 0 Å². The molecule has 0 spiro atoms. The molecular formula is C15H27NO3. The van der Waals surface area contributed by atoms with Crippen LogP contribution in [0.4, 0.5) is 0 Å². The van der Waals surface area contributed by atoms with Crippen LogP contribution in [0, 0.1) is 17.8 Å². The van der Waals surface area contributed by atoms with Gasteiger partial charge in [-0.25, -0.2) is 0 Å². The van der Waals surface area contributed by atoms with Crippen molar-refractivity contribution in [2.45, 2.75) is 46.0 Å². The lowest BCUT2D eigenvalue weighted by Crippen LogP contribution is -2.42. The average molecular weight is 269 g/mol. The fourth-order valence-electron chi connectivity index (χ4n) is 2.87. The second-order valence-electron chi connectivity index (χ2n) is 5.97. The molecule has 1 unspecified atom stereocenters. The van der Waals surface area contributed by atoms with Crippen LogP contribution in [0.5, 0.6) is 0 Å². The molecule has 0 aromatic heterocycles. The molecule has 1 atom stereocenters. The highest BCUT2D eigenvalue weighted by Crippen LogP contribution is 2.25. The first-order chi connectivity index (χ1) is 8.97. The van der Waals surface area contributed by atoms with E-state index in [0.29, 0.717) is 5.92 Å². The van der Waals surface area contributed by atoms with Crippen LogP contribution < -0.4 is 0 Å². The lowest BCUT2D eigenvalue weighted by Gasteiger charge is -2.29. The first-order valence-corrected chi connectivity index (χ1v) is 7.30. The van der Waals surface area contributed by atoms with Gasteiger partial charge in [0.15, 0.2) is 0 Å². The Morgan fingerprint density at radius 3 is 2.26 bits per heavy atom. The maximum absolute atomic E-state index is 12.4. The Bertz CT molecular complexity index is 309. The number of esters is 1. The van der Waals surface area contributed by atoms with Crippen molar-refractivity contribution in [1.82, 2.24) is 4.90 Å². The van der Waals surface area contributed by atoms with Gasteiger partial charge < -0.3 is 9.64 Å². The minimum absolute atomic E-state index is 0.0336. The van der Waals surface area contributed by atoms with Gasteiger partial charge in [-0.15, -0.1) is 0 Å². The van der Waals surface area contributed by atoms with E-state index in [1.165, 1.54) is 39.2 Å². The van der Waals surface area contributed by atoms with E-state index in [1.54, 1.807) is 11.9 Å². The van der Waals surface area contributed by atoms with Gasteiger partial charge in [-0.2, -0.15) is 0 Å². The molecule has 19 heavy (non-hydrogen) atoms. The zero-order valence-corrected chi connectivity index (χ0v) is 12.6. The van der Waals surface area contributed by atoms with Crippen molar-refractivity contribution < 1.29 is 14.3 Å². The number of hydrogen-bond acceptors (Lipinski definition) is 3. The second kappa shape index (κ2) is 7.51. The molecule has 0 aromatic rings. The number of methoxy groups -OCH3 is 1. The number of nitrogens with zero attached hydrogens (tertiary/aromatic N) is 1. The molecule has 0 aromatic carbocycles. The van der Waals surface area contributed by atoms with E-state index in [0.717, 1.165) is 6.54 Å². The smallest absolute Gasteiger partial charge is 0.318 e. The minimum atomic E-state index is -0.668. The summed E-state index contributed by atoms with van der Waals surface area (Å²) in [5.41, 5.74) is 0. The van der Waals surface area contributed by atoms with Gasteiger partial charge in [-0.05, 0) is 24.7 Å². The van der Waals surface area contributed by atoms with E-state index in [1.807, 2.05) is 13.8 Å². The summed E-state index contributed by atoms with van der Waals surface area (Å²) >= 11 is 0. The van der Waals surface area contributed by atoms with Crippen molar-refractivity contribution >= 4 is 11.9 Å². The molecule has 0 radical (unpaired) electrons. The third-order valence-electron chi connectivity index (χ3n) is 4.02. The van der Waals surface area contributed by atoms with Gasteiger partial charge in [0.25, 0.3) is 0 Å². The van der Waals surface area contributed by atoms with Crippen molar-refractivity contribution in [3.8, 4) is 0 Å². The quantitative estimate of drug-likeness (QED) is 0.569. The summed E-state index contributed by atoms with van der Waals surface area (Å²) in [5, 5.41) is 0.